The van der Waals surface area contributed by atoms with E-state index in [0.717, 1.165) is 63.4 Å². The molecular weight excluding hydrogens is 315 g/mol. The Hall–Kier alpha value is -1.14. The Morgan fingerprint density at radius 2 is 1.67 bits per heavy atom. The molecule has 1 unspecified atom stereocenters. The molecule has 2 radical (unpaired) electrons. The van der Waals surface area contributed by atoms with Crippen LogP contribution in [0.15, 0.2) is 18.3 Å². The van der Waals surface area contributed by atoms with Crippen molar-refractivity contribution in [3.05, 3.63) is 29.6 Å². The van der Waals surface area contributed by atoms with Gasteiger partial charge in [-0.3, -0.25) is 4.98 Å². The average Bonchev–Trinajstić information content (AvgIpc) is 2.77. The molecule has 0 aromatic carbocycles. The molecule has 0 aliphatic carbocycles. The molecule has 3 saturated heterocycles. The smallest absolute Gasteiger partial charge is 0.254 e. The molecule has 4 rings (SSSR count). The Morgan fingerprint density at radius 3 is 2.17 bits per heavy atom. The Balaban J connectivity index is 0.000000203. The number of hydrogen-bond donors (Lipinski definition) is 0. The van der Waals surface area contributed by atoms with Crippen LogP contribution in [0.1, 0.15) is 56.2 Å². The zero-order chi connectivity index (χ0) is 17.0. The van der Waals surface area contributed by atoms with E-state index in [1.54, 1.807) is 6.07 Å². The van der Waals surface area contributed by atoms with Crippen LogP contribution in [0.2, 0.25) is 0 Å². The molecule has 0 spiro atoms. The molecule has 0 N–H and O–H groups in total. The molecule has 1 atom stereocenters. The van der Waals surface area contributed by atoms with Crippen LogP contribution in [0.5, 0.6) is 0 Å². The Bertz CT molecular complexity index is 510. The topological polar surface area (TPSA) is 32.9 Å². The second kappa shape index (κ2) is 7.40. The first-order valence-electron chi connectivity index (χ1n) is 8.94. The van der Waals surface area contributed by atoms with Gasteiger partial charge in [0.2, 0.25) is 0 Å². The molecule has 0 amide bonds. The first-order valence-corrected chi connectivity index (χ1v) is 8.94. The minimum absolute atomic E-state index is 0.0515. The number of pyridine rings is 1. The first-order chi connectivity index (χ1) is 11.5. The van der Waals surface area contributed by atoms with Crippen molar-refractivity contribution in [3.63, 3.8) is 0 Å². The molecule has 3 nitrogen and oxygen atoms in total. The van der Waals surface area contributed by atoms with Crippen molar-refractivity contribution in [2.75, 3.05) is 26.2 Å². The van der Waals surface area contributed by atoms with Gasteiger partial charge in [0.05, 0.1) is 12.0 Å². The monoisotopic (exact) mass is 340 g/mol. The van der Waals surface area contributed by atoms with E-state index < -0.39 is 11.7 Å². The second-order valence-corrected chi connectivity index (χ2v) is 6.89. The summed E-state index contributed by atoms with van der Waals surface area (Å²) in [5, 5.41) is 4.27. The van der Waals surface area contributed by atoms with Gasteiger partial charge >= 0.3 is 6.18 Å². The number of rotatable bonds is 1. The first kappa shape index (κ1) is 17.7. The van der Waals surface area contributed by atoms with Crippen LogP contribution in [0, 0.1) is 0 Å². The summed E-state index contributed by atoms with van der Waals surface area (Å²) < 4.78 is 37.3. The summed E-state index contributed by atoms with van der Waals surface area (Å²) >= 11 is 0. The molecular formula is C18H25F3N3+. The highest BCUT2D eigenvalue weighted by Gasteiger charge is 2.60. The summed E-state index contributed by atoms with van der Waals surface area (Å²) in [6.45, 7) is 4.34. The third-order valence-corrected chi connectivity index (χ3v) is 5.37. The van der Waals surface area contributed by atoms with Crippen molar-refractivity contribution in [2.24, 2.45) is 0 Å². The van der Waals surface area contributed by atoms with Crippen LogP contribution < -0.4 is 10.2 Å². The fraction of sp³-hybridized carbons (Fsp3) is 0.722. The van der Waals surface area contributed by atoms with Crippen LogP contribution >= 0.6 is 0 Å². The maximum Gasteiger partial charge on any atom is 0.417 e. The lowest BCUT2D eigenvalue weighted by Gasteiger charge is -2.37. The van der Waals surface area contributed by atoms with Crippen molar-refractivity contribution in [2.45, 2.75) is 56.7 Å². The van der Waals surface area contributed by atoms with Gasteiger partial charge in [-0.15, -0.1) is 0 Å². The quantitative estimate of drug-likeness (QED) is 0.716. The summed E-state index contributed by atoms with van der Waals surface area (Å²) in [6.07, 6.45) is 5.30. The maximum atomic E-state index is 12.4. The number of aromatic nitrogens is 1. The average molecular weight is 340 g/mol. The summed E-state index contributed by atoms with van der Waals surface area (Å²) in [4.78, 5) is 6.36. The standard InChI is InChI=1S/C12H13F3N2.C6H12N/c13-12(14,15)9-2-3-10(16-8-9)11-4-1-6-17(11)7-5-11;1-2-4-6-7-5-3-1/h2-3,8H,1,4-7H2;1-6H2/q+1;. The molecule has 1 aromatic heterocycles. The van der Waals surface area contributed by atoms with Gasteiger partial charge in [0, 0.05) is 32.1 Å². The van der Waals surface area contributed by atoms with E-state index in [1.807, 2.05) is 0 Å². The van der Waals surface area contributed by atoms with Crippen molar-refractivity contribution in [1.29, 1.82) is 0 Å². The second-order valence-electron chi connectivity index (χ2n) is 6.89. The van der Waals surface area contributed by atoms with Crippen molar-refractivity contribution >= 4 is 0 Å². The van der Waals surface area contributed by atoms with Gasteiger partial charge in [-0.2, -0.15) is 18.1 Å². The molecule has 6 heteroatoms. The molecule has 0 saturated carbocycles. The number of nitrogens with zero attached hydrogens (tertiary/aromatic N) is 3. The number of alkyl halides is 3. The van der Waals surface area contributed by atoms with Crippen molar-refractivity contribution in [1.82, 2.24) is 15.2 Å². The zero-order valence-corrected chi connectivity index (χ0v) is 14.0. The molecule has 3 aliphatic rings. The highest BCUT2D eigenvalue weighted by molar-refractivity contribution is 5.27. The molecule has 3 fully saturated rings. The molecule has 132 valence electrons. The minimum atomic E-state index is -4.29. The van der Waals surface area contributed by atoms with Gasteiger partial charge in [-0.05, 0) is 25.0 Å². The molecule has 4 heterocycles. The lowest BCUT2D eigenvalue weighted by atomic mass is 9.81. The zero-order valence-electron chi connectivity index (χ0n) is 14.0. The van der Waals surface area contributed by atoms with Gasteiger partial charge in [0.25, 0.3) is 0 Å². The lowest BCUT2D eigenvalue weighted by Crippen LogP contribution is -2.57. The highest BCUT2D eigenvalue weighted by Crippen LogP contribution is 2.45. The third kappa shape index (κ3) is 3.75. The van der Waals surface area contributed by atoms with Crippen LogP contribution in [0.25, 0.3) is 0 Å². The highest BCUT2D eigenvalue weighted by atomic mass is 19.4. The number of hydrogen-bond acceptors (Lipinski definition) is 2. The lowest BCUT2D eigenvalue weighted by molar-refractivity contribution is -0.137. The van der Waals surface area contributed by atoms with E-state index >= 15 is 0 Å². The van der Waals surface area contributed by atoms with Gasteiger partial charge in [-0.25, -0.2) is 5.32 Å². The van der Waals surface area contributed by atoms with E-state index in [4.69, 9.17) is 0 Å². The van der Waals surface area contributed by atoms with Gasteiger partial charge in [0.15, 0.2) is 5.54 Å². The molecule has 3 aliphatic heterocycles. The SMILES string of the molecule is C1CCC[N]CC1.FC(F)(F)c1ccc(C23CCC[N+]2CC3)nc1. The molecule has 0 bridgehead atoms. The van der Waals surface area contributed by atoms with Gasteiger partial charge < -0.3 is 0 Å². The normalized spacial score (nSPS) is 27.5. The minimum Gasteiger partial charge on any atom is -0.254 e. The van der Waals surface area contributed by atoms with Crippen LogP contribution in [0.3, 0.4) is 0 Å². The van der Waals surface area contributed by atoms with Crippen LogP contribution in [-0.2, 0) is 11.7 Å². The summed E-state index contributed by atoms with van der Waals surface area (Å²) in [7, 11) is 0. The molecule has 24 heavy (non-hydrogen) atoms. The van der Waals surface area contributed by atoms with E-state index in [2.05, 4.69) is 15.2 Å². The third-order valence-electron chi connectivity index (χ3n) is 5.37. The Kier molecular flexibility index (Phi) is 5.45. The fourth-order valence-electron chi connectivity index (χ4n) is 3.88. The maximum absolute atomic E-state index is 12.4. The van der Waals surface area contributed by atoms with E-state index in [0.29, 0.717) is 0 Å². The van der Waals surface area contributed by atoms with E-state index in [-0.39, 0.29) is 5.54 Å². The predicted octanol–water partition coefficient (Wildman–Crippen LogP) is 3.80. The van der Waals surface area contributed by atoms with Gasteiger partial charge in [-0.1, -0.05) is 12.8 Å². The van der Waals surface area contributed by atoms with Crippen LogP contribution in [0.4, 0.5) is 13.2 Å². The van der Waals surface area contributed by atoms with Crippen LogP contribution in [-0.4, -0.2) is 31.2 Å². The molecule has 1 aromatic rings. The number of fused-ring (bicyclic) bond motifs is 1. The van der Waals surface area contributed by atoms with Gasteiger partial charge in [0.1, 0.15) is 18.8 Å². The predicted molar refractivity (Wildman–Crippen MR) is 87.0 cm³/mol. The number of halogens is 3. The van der Waals surface area contributed by atoms with Crippen molar-refractivity contribution < 1.29 is 13.2 Å². The largest absolute Gasteiger partial charge is 0.417 e. The van der Waals surface area contributed by atoms with E-state index in [9.17, 15) is 13.2 Å². The summed E-state index contributed by atoms with van der Waals surface area (Å²) in [6, 6.07) is 2.69. The summed E-state index contributed by atoms with van der Waals surface area (Å²) in [5.74, 6) is 0. The Morgan fingerprint density at radius 1 is 0.917 bits per heavy atom. The van der Waals surface area contributed by atoms with Crippen molar-refractivity contribution in [3.8, 4) is 0 Å². The van der Waals surface area contributed by atoms with E-state index in [1.165, 1.54) is 25.7 Å². The Labute approximate surface area is 141 Å². The fourth-order valence-corrected chi connectivity index (χ4v) is 3.88. The summed E-state index contributed by atoms with van der Waals surface area (Å²) in [5.41, 5.74) is 0.0835.